The summed E-state index contributed by atoms with van der Waals surface area (Å²) in [5.41, 5.74) is 2.32. The molecule has 8 atom stereocenters. The molecule has 4 saturated carbocycles. The van der Waals surface area contributed by atoms with E-state index in [1.165, 1.54) is 44.9 Å². The molecule has 4 heteroatoms. The van der Waals surface area contributed by atoms with Crippen LogP contribution in [0.15, 0.2) is 11.6 Å². The third-order valence-electron chi connectivity index (χ3n) is 11.5. The van der Waals surface area contributed by atoms with Crippen LogP contribution in [0.5, 0.6) is 0 Å². The number of hydroxylamine groups is 2. The van der Waals surface area contributed by atoms with Gasteiger partial charge in [0.25, 0.3) is 0 Å². The Labute approximate surface area is 201 Å². The predicted octanol–water partition coefficient (Wildman–Crippen LogP) is 6.29. The first-order valence-corrected chi connectivity index (χ1v) is 14.0. The third-order valence-corrected chi connectivity index (χ3v) is 11.5. The van der Waals surface area contributed by atoms with Crippen molar-refractivity contribution >= 4 is 5.91 Å². The summed E-state index contributed by atoms with van der Waals surface area (Å²) in [5, 5.41) is 11.9. The molecule has 0 aromatic carbocycles. The molecule has 186 valence electrons. The van der Waals surface area contributed by atoms with Crippen LogP contribution >= 0.6 is 0 Å². The number of nitrogens with zero attached hydrogens (tertiary/aromatic N) is 1. The monoisotopic (exact) mass is 457 g/mol. The molecule has 4 nitrogen and oxygen atoms in total. The van der Waals surface area contributed by atoms with Crippen molar-refractivity contribution in [1.82, 2.24) is 5.06 Å². The van der Waals surface area contributed by atoms with Crippen molar-refractivity contribution < 1.29 is 14.7 Å². The van der Waals surface area contributed by atoms with Gasteiger partial charge in [0.15, 0.2) is 0 Å². The van der Waals surface area contributed by atoms with Crippen molar-refractivity contribution in [3.05, 3.63) is 11.6 Å². The Bertz CT molecular complexity index is 775. The Morgan fingerprint density at radius 1 is 1.15 bits per heavy atom. The molecule has 0 aromatic heterocycles. The van der Waals surface area contributed by atoms with Crippen LogP contribution in [0.3, 0.4) is 0 Å². The molecule has 0 aromatic rings. The second-order valence-electron chi connectivity index (χ2n) is 12.9. The fraction of sp³-hybridized carbons (Fsp3) is 0.897. The maximum Gasteiger partial charge on any atom is 0.246 e. The number of carbonyl (C=O) groups is 1. The lowest BCUT2D eigenvalue weighted by atomic mass is 9.47. The summed E-state index contributed by atoms with van der Waals surface area (Å²) in [6.07, 6.45) is 17.1. The summed E-state index contributed by atoms with van der Waals surface area (Å²) in [7, 11) is 1.65. The van der Waals surface area contributed by atoms with E-state index in [4.69, 9.17) is 4.84 Å². The highest BCUT2D eigenvalue weighted by atomic mass is 16.7. The zero-order valence-electron chi connectivity index (χ0n) is 21.5. The maximum absolute atomic E-state index is 12.8. The normalized spacial score (nSPS) is 43.5. The number of hydrogen-bond donors (Lipinski definition) is 1. The highest BCUT2D eigenvalue weighted by Crippen LogP contribution is 2.67. The van der Waals surface area contributed by atoms with Crippen LogP contribution in [0.4, 0.5) is 0 Å². The summed E-state index contributed by atoms with van der Waals surface area (Å²) >= 11 is 0. The molecule has 0 saturated heterocycles. The van der Waals surface area contributed by atoms with E-state index in [9.17, 15) is 9.90 Å². The van der Waals surface area contributed by atoms with E-state index in [-0.39, 0.29) is 12.0 Å². The van der Waals surface area contributed by atoms with E-state index < -0.39 is 0 Å². The first-order valence-electron chi connectivity index (χ1n) is 14.0. The summed E-state index contributed by atoms with van der Waals surface area (Å²) in [4.78, 5) is 18.3. The highest BCUT2D eigenvalue weighted by Gasteiger charge is 2.59. The molecule has 5 aliphatic rings. The average Bonchev–Trinajstić information content (AvgIpc) is 3.12. The molecule has 0 heterocycles. The van der Waals surface area contributed by atoms with Gasteiger partial charge in [-0.15, -0.1) is 0 Å². The Hall–Kier alpha value is -0.870. The molecule has 5 aliphatic carbocycles. The highest BCUT2D eigenvalue weighted by molar-refractivity contribution is 5.75. The fourth-order valence-electron chi connectivity index (χ4n) is 9.36. The van der Waals surface area contributed by atoms with Gasteiger partial charge in [0.2, 0.25) is 5.91 Å². The van der Waals surface area contributed by atoms with Crippen LogP contribution in [-0.2, 0) is 9.63 Å². The quantitative estimate of drug-likeness (QED) is 0.377. The maximum atomic E-state index is 12.8. The van der Waals surface area contributed by atoms with Crippen molar-refractivity contribution in [3.63, 3.8) is 0 Å². The Balaban J connectivity index is 1.25. The lowest BCUT2D eigenvalue weighted by Gasteiger charge is -2.58. The number of fused-ring (bicyclic) bond motifs is 5. The summed E-state index contributed by atoms with van der Waals surface area (Å²) < 4.78 is 0. The van der Waals surface area contributed by atoms with Crippen molar-refractivity contribution in [2.45, 2.75) is 116 Å². The number of hydrogen-bond acceptors (Lipinski definition) is 3. The molecule has 1 N–H and O–H groups in total. The zero-order valence-corrected chi connectivity index (χ0v) is 21.5. The minimum atomic E-state index is -0.118. The van der Waals surface area contributed by atoms with Gasteiger partial charge in [-0.25, -0.2) is 5.06 Å². The molecule has 0 radical (unpaired) electrons. The topological polar surface area (TPSA) is 49.8 Å². The number of carbonyl (C=O) groups excluding carboxylic acids is 1. The standard InChI is InChI=1S/C29H47NO3/c1-19(8-13-27(32)30(33-4)21-6-5-7-21)24-11-12-25-23-10-9-20-18-22(31)14-16-28(20,2)26(23)15-17-29(24,25)3/h9,19,21-26,31H,5-8,10-18H2,1-4H3/t19-,22+,23+,24-,25+,26+,28+,29-/m1/s1. The third kappa shape index (κ3) is 3.92. The number of allylic oxidation sites excluding steroid dienone is 1. The van der Waals surface area contributed by atoms with Crippen molar-refractivity contribution in [1.29, 1.82) is 0 Å². The Kier molecular flexibility index (Phi) is 6.48. The van der Waals surface area contributed by atoms with Crippen LogP contribution in [0.1, 0.15) is 104 Å². The minimum absolute atomic E-state index is 0.118. The number of amides is 1. The first kappa shape index (κ1) is 23.9. The van der Waals surface area contributed by atoms with E-state index in [0.717, 1.165) is 55.8 Å². The van der Waals surface area contributed by atoms with Gasteiger partial charge in [0.05, 0.1) is 19.3 Å². The fourth-order valence-corrected chi connectivity index (χ4v) is 9.36. The second kappa shape index (κ2) is 8.97. The minimum Gasteiger partial charge on any atom is -0.393 e. The molecule has 1 amide bonds. The van der Waals surface area contributed by atoms with Gasteiger partial charge in [-0.05, 0) is 117 Å². The van der Waals surface area contributed by atoms with E-state index in [0.29, 0.717) is 29.2 Å². The van der Waals surface area contributed by atoms with E-state index >= 15 is 0 Å². The molecule has 0 spiro atoms. The van der Waals surface area contributed by atoms with Crippen LogP contribution in [-0.4, -0.2) is 35.3 Å². The van der Waals surface area contributed by atoms with Gasteiger partial charge < -0.3 is 5.11 Å². The smallest absolute Gasteiger partial charge is 0.246 e. The number of aliphatic hydroxyl groups is 1. The summed E-state index contributed by atoms with van der Waals surface area (Å²) in [6.45, 7) is 7.54. The SMILES string of the molecule is CON(C(=O)CC[C@@H](C)[C@H]1CC[C@H]2[C@@H]3CC=C4C[C@@H](O)CC[C@]4(C)[C@H]3CC[C@]12C)C1CCC1. The molecular weight excluding hydrogens is 410 g/mol. The zero-order chi connectivity index (χ0) is 23.4. The van der Waals surface area contributed by atoms with Crippen LogP contribution in [0.25, 0.3) is 0 Å². The lowest BCUT2D eigenvalue weighted by Crippen LogP contribution is -2.50. The molecule has 4 fully saturated rings. The molecule has 0 aliphatic heterocycles. The molecule has 0 bridgehead atoms. The van der Waals surface area contributed by atoms with E-state index in [2.05, 4.69) is 26.8 Å². The molecule has 5 rings (SSSR count). The molecular formula is C29H47NO3. The Morgan fingerprint density at radius 3 is 2.64 bits per heavy atom. The van der Waals surface area contributed by atoms with Gasteiger partial charge in [-0.3, -0.25) is 9.63 Å². The van der Waals surface area contributed by atoms with Crippen molar-refractivity contribution in [3.8, 4) is 0 Å². The number of rotatable bonds is 6. The van der Waals surface area contributed by atoms with E-state index in [1.54, 1.807) is 17.7 Å². The van der Waals surface area contributed by atoms with Gasteiger partial charge >= 0.3 is 0 Å². The lowest BCUT2D eigenvalue weighted by molar-refractivity contribution is -0.196. The Morgan fingerprint density at radius 2 is 1.94 bits per heavy atom. The van der Waals surface area contributed by atoms with Gasteiger partial charge in [0, 0.05) is 6.42 Å². The van der Waals surface area contributed by atoms with Gasteiger partial charge in [-0.2, -0.15) is 0 Å². The second-order valence-corrected chi connectivity index (χ2v) is 12.9. The number of aliphatic hydroxyl groups excluding tert-OH is 1. The van der Waals surface area contributed by atoms with Crippen LogP contribution in [0.2, 0.25) is 0 Å². The first-order chi connectivity index (χ1) is 15.8. The van der Waals surface area contributed by atoms with Gasteiger partial charge in [-0.1, -0.05) is 32.4 Å². The average molecular weight is 458 g/mol. The van der Waals surface area contributed by atoms with Gasteiger partial charge in [0.1, 0.15) is 0 Å². The summed E-state index contributed by atoms with van der Waals surface area (Å²) in [6, 6.07) is 0.313. The molecule has 0 unspecified atom stereocenters. The van der Waals surface area contributed by atoms with Crippen molar-refractivity contribution in [2.24, 2.45) is 40.4 Å². The van der Waals surface area contributed by atoms with E-state index in [1.807, 2.05) is 0 Å². The molecule has 33 heavy (non-hydrogen) atoms. The van der Waals surface area contributed by atoms with Crippen molar-refractivity contribution in [2.75, 3.05) is 7.11 Å². The van der Waals surface area contributed by atoms with Crippen LogP contribution < -0.4 is 0 Å². The van der Waals surface area contributed by atoms with Crippen LogP contribution in [0, 0.1) is 40.4 Å². The predicted molar refractivity (Wildman–Crippen MR) is 131 cm³/mol. The largest absolute Gasteiger partial charge is 0.393 e. The summed E-state index contributed by atoms with van der Waals surface area (Å²) in [5.74, 6) is 3.96.